The number of hydrogen-bond donors (Lipinski definition) is 1. The second kappa shape index (κ2) is 11.8. The van der Waals surface area contributed by atoms with Crippen LogP contribution in [0.25, 0.3) is 5.69 Å². The highest BCUT2D eigenvalue weighted by Crippen LogP contribution is 2.31. The maximum Gasteiger partial charge on any atom is 0.340 e. The molecule has 3 aromatic rings. The molecule has 0 radical (unpaired) electrons. The smallest absolute Gasteiger partial charge is 0.340 e. The molecule has 0 atom stereocenters. The number of amides is 1. The fourth-order valence-corrected chi connectivity index (χ4v) is 6.29. The van der Waals surface area contributed by atoms with Gasteiger partial charge in [-0.05, 0) is 62.7 Å². The summed E-state index contributed by atoms with van der Waals surface area (Å²) in [6.45, 7) is 5.91. The average Bonchev–Trinajstić information content (AvgIpc) is 3.22. The molecule has 0 aliphatic carbocycles. The van der Waals surface area contributed by atoms with Gasteiger partial charge in [0.15, 0.2) is 6.61 Å². The van der Waals surface area contributed by atoms with Gasteiger partial charge >= 0.3 is 5.97 Å². The first-order chi connectivity index (χ1) is 18.5. The Morgan fingerprint density at radius 1 is 1.05 bits per heavy atom. The molecule has 2 heterocycles. The van der Waals surface area contributed by atoms with Gasteiger partial charge in [-0.1, -0.05) is 17.7 Å². The summed E-state index contributed by atoms with van der Waals surface area (Å²) in [6.07, 6.45) is 0. The van der Waals surface area contributed by atoms with E-state index in [1.807, 2.05) is 11.5 Å². The summed E-state index contributed by atoms with van der Waals surface area (Å²) in [6, 6.07) is 11.5. The average molecular weight is 576 g/mol. The normalized spacial score (nSPS) is 14.2. The standard InChI is InChI=1S/C27H30ClN3O7S/c1-17-5-7-21(15-25(17)39(34,35)30-9-11-37-12-10-30)29-26(32)16-38-27(33)22-13-18(2)31(19(22)3)23-14-20(28)6-8-24(23)36-4/h5-8,13-15H,9-12,16H2,1-4H3,(H,29,32). The van der Waals surface area contributed by atoms with Crippen molar-refractivity contribution in [3.63, 3.8) is 0 Å². The lowest BCUT2D eigenvalue weighted by atomic mass is 10.2. The quantitative estimate of drug-likeness (QED) is 0.405. The number of hydrogen-bond acceptors (Lipinski definition) is 7. The third-order valence-electron chi connectivity index (χ3n) is 6.43. The monoisotopic (exact) mass is 575 g/mol. The zero-order valence-electron chi connectivity index (χ0n) is 22.1. The molecule has 1 aliphatic heterocycles. The minimum absolute atomic E-state index is 0.100. The van der Waals surface area contributed by atoms with Crippen molar-refractivity contribution in [2.24, 2.45) is 0 Å². The summed E-state index contributed by atoms with van der Waals surface area (Å²) in [5.74, 6) is -0.703. The fraction of sp³-hybridized carbons (Fsp3) is 0.333. The number of halogens is 1. The number of sulfonamides is 1. The minimum Gasteiger partial charge on any atom is -0.495 e. The molecule has 1 aliphatic rings. The van der Waals surface area contributed by atoms with Crippen LogP contribution in [0.4, 0.5) is 5.69 Å². The topological polar surface area (TPSA) is 116 Å². The zero-order chi connectivity index (χ0) is 28.3. The van der Waals surface area contributed by atoms with Gasteiger partial charge in [0.05, 0.1) is 36.5 Å². The van der Waals surface area contributed by atoms with Crippen molar-refractivity contribution in [3.05, 3.63) is 70.0 Å². The highest BCUT2D eigenvalue weighted by atomic mass is 35.5. The number of morpholine rings is 1. The van der Waals surface area contributed by atoms with E-state index in [4.69, 9.17) is 25.8 Å². The van der Waals surface area contributed by atoms with Crippen LogP contribution >= 0.6 is 11.6 Å². The number of esters is 1. The Hall–Kier alpha value is -3.38. The van der Waals surface area contributed by atoms with Gasteiger partial charge in [-0.2, -0.15) is 4.31 Å². The molecule has 208 valence electrons. The molecular weight excluding hydrogens is 546 g/mol. The number of benzene rings is 2. The van der Waals surface area contributed by atoms with Crippen LogP contribution in [-0.4, -0.2) is 69.2 Å². The third-order valence-corrected chi connectivity index (χ3v) is 8.70. The van der Waals surface area contributed by atoms with E-state index >= 15 is 0 Å². The summed E-state index contributed by atoms with van der Waals surface area (Å²) >= 11 is 6.19. The lowest BCUT2D eigenvalue weighted by molar-refractivity contribution is -0.119. The van der Waals surface area contributed by atoms with E-state index in [2.05, 4.69) is 5.32 Å². The molecule has 1 N–H and O–H groups in total. The molecule has 4 rings (SSSR count). The van der Waals surface area contributed by atoms with Gasteiger partial charge in [0.2, 0.25) is 10.0 Å². The van der Waals surface area contributed by atoms with Gasteiger partial charge in [0, 0.05) is 35.2 Å². The molecule has 12 heteroatoms. The number of carbonyl (C=O) groups is 2. The molecular formula is C27H30ClN3O7S. The Kier molecular flexibility index (Phi) is 8.65. The Morgan fingerprint density at radius 3 is 2.46 bits per heavy atom. The molecule has 1 fully saturated rings. The molecule has 39 heavy (non-hydrogen) atoms. The van der Waals surface area contributed by atoms with Crippen LogP contribution in [0.5, 0.6) is 5.75 Å². The molecule has 1 aromatic heterocycles. The first-order valence-corrected chi connectivity index (χ1v) is 14.0. The van der Waals surface area contributed by atoms with Crippen LogP contribution < -0.4 is 10.1 Å². The lowest BCUT2D eigenvalue weighted by Gasteiger charge is -2.26. The number of anilines is 1. The molecule has 2 aromatic carbocycles. The molecule has 0 saturated carbocycles. The van der Waals surface area contributed by atoms with E-state index in [9.17, 15) is 18.0 Å². The fourth-order valence-electron chi connectivity index (χ4n) is 4.47. The van der Waals surface area contributed by atoms with Gasteiger partial charge in [-0.25, -0.2) is 13.2 Å². The summed E-state index contributed by atoms with van der Waals surface area (Å²) in [4.78, 5) is 25.6. The highest BCUT2D eigenvalue weighted by Gasteiger charge is 2.28. The van der Waals surface area contributed by atoms with Crippen molar-refractivity contribution in [1.82, 2.24) is 8.87 Å². The number of methoxy groups -OCH3 is 1. The second-order valence-electron chi connectivity index (χ2n) is 9.06. The molecule has 10 nitrogen and oxygen atoms in total. The van der Waals surface area contributed by atoms with E-state index in [1.165, 1.54) is 10.4 Å². The molecule has 0 bridgehead atoms. The van der Waals surface area contributed by atoms with Crippen molar-refractivity contribution in [2.75, 3.05) is 45.3 Å². The van der Waals surface area contributed by atoms with Crippen molar-refractivity contribution < 1.29 is 32.2 Å². The van der Waals surface area contributed by atoms with Crippen LogP contribution in [0.15, 0.2) is 47.4 Å². The number of carbonyl (C=O) groups excluding carboxylic acids is 2. The van der Waals surface area contributed by atoms with Gasteiger partial charge in [0.25, 0.3) is 5.91 Å². The van der Waals surface area contributed by atoms with Crippen molar-refractivity contribution >= 4 is 39.2 Å². The Labute approximate surface area is 232 Å². The van der Waals surface area contributed by atoms with Crippen LogP contribution in [0.2, 0.25) is 5.02 Å². The van der Waals surface area contributed by atoms with Gasteiger partial charge < -0.3 is 24.1 Å². The van der Waals surface area contributed by atoms with Crippen molar-refractivity contribution in [2.45, 2.75) is 25.7 Å². The van der Waals surface area contributed by atoms with Gasteiger partial charge in [-0.15, -0.1) is 0 Å². The predicted molar refractivity (Wildman–Crippen MR) is 146 cm³/mol. The predicted octanol–water partition coefficient (Wildman–Crippen LogP) is 3.88. The van der Waals surface area contributed by atoms with Gasteiger partial charge in [-0.3, -0.25) is 4.79 Å². The third kappa shape index (κ3) is 6.11. The van der Waals surface area contributed by atoms with E-state index in [-0.39, 0.29) is 29.2 Å². The number of nitrogens with zero attached hydrogens (tertiary/aromatic N) is 2. The van der Waals surface area contributed by atoms with Crippen molar-refractivity contribution in [3.8, 4) is 11.4 Å². The number of aryl methyl sites for hydroxylation is 2. The van der Waals surface area contributed by atoms with E-state index < -0.39 is 28.5 Å². The number of nitrogens with one attached hydrogen (secondary N) is 1. The summed E-state index contributed by atoms with van der Waals surface area (Å²) in [7, 11) is -2.21. The number of aromatic nitrogens is 1. The zero-order valence-corrected chi connectivity index (χ0v) is 23.7. The number of ether oxygens (including phenoxy) is 3. The largest absolute Gasteiger partial charge is 0.495 e. The first-order valence-electron chi connectivity index (χ1n) is 12.2. The molecule has 0 spiro atoms. The summed E-state index contributed by atoms with van der Waals surface area (Å²) < 4.78 is 45.4. The second-order valence-corrected chi connectivity index (χ2v) is 11.4. The Balaban J connectivity index is 1.45. The van der Waals surface area contributed by atoms with Crippen LogP contribution in [0.3, 0.4) is 0 Å². The Bertz CT molecular complexity index is 1510. The maximum absolute atomic E-state index is 13.1. The summed E-state index contributed by atoms with van der Waals surface area (Å²) in [5.41, 5.74) is 3.13. The minimum atomic E-state index is -3.75. The molecule has 1 saturated heterocycles. The lowest BCUT2D eigenvalue weighted by Crippen LogP contribution is -2.40. The van der Waals surface area contributed by atoms with E-state index in [0.717, 1.165) is 5.69 Å². The van der Waals surface area contributed by atoms with E-state index in [1.54, 1.807) is 57.4 Å². The number of rotatable bonds is 8. The van der Waals surface area contributed by atoms with Crippen LogP contribution in [-0.2, 0) is 24.3 Å². The maximum atomic E-state index is 13.1. The molecule has 0 unspecified atom stereocenters. The van der Waals surface area contributed by atoms with Gasteiger partial charge in [0.1, 0.15) is 5.75 Å². The molecule has 1 amide bonds. The first kappa shape index (κ1) is 28.6. The summed E-state index contributed by atoms with van der Waals surface area (Å²) in [5, 5.41) is 3.12. The Morgan fingerprint density at radius 2 is 1.77 bits per heavy atom. The van der Waals surface area contributed by atoms with Crippen LogP contribution in [0.1, 0.15) is 27.3 Å². The van der Waals surface area contributed by atoms with Crippen LogP contribution in [0, 0.1) is 20.8 Å². The highest BCUT2D eigenvalue weighted by molar-refractivity contribution is 7.89. The SMILES string of the molecule is COc1ccc(Cl)cc1-n1c(C)cc(C(=O)OCC(=O)Nc2ccc(C)c(S(=O)(=O)N3CCOCC3)c2)c1C. The van der Waals surface area contributed by atoms with Crippen molar-refractivity contribution in [1.29, 1.82) is 0 Å². The van der Waals surface area contributed by atoms with E-state index in [0.29, 0.717) is 40.9 Å².